The Morgan fingerprint density at radius 2 is 1.77 bits per heavy atom. The number of hydrogen-bond acceptors (Lipinski definition) is 8. The number of aromatic nitrogens is 6. The number of pyridine rings is 1. The standard InChI is InChI=1S/C42H43F3N8O4/c1-23-9-12-34(42(43,44)45)48-30(23)15-33(55)32-17-41-18-35(41)53(32)38(57)21-52-40-26(7-5-3-4-6-8-37(56)47-22-41)13-27(14-29(40)39(50-52)24(2)54)28-19-46-36-16-31(25-10-11-25)49-51(36)20-28/h9,12-14,16,19-20,25,32,35H,3-8,10-11,15,17-18,21-22H2,1-2H3,(H,47,56)/t32-,35+,41-/m0/s1. The number of rotatable bonds is 6. The van der Waals surface area contributed by atoms with Crippen LogP contribution in [-0.2, 0) is 39.9 Å². The van der Waals surface area contributed by atoms with E-state index < -0.39 is 35.0 Å². The molecule has 1 aromatic carbocycles. The highest BCUT2D eigenvalue weighted by Gasteiger charge is 2.66. The monoisotopic (exact) mass is 780 g/mol. The molecule has 0 unspecified atom stereocenters. The van der Waals surface area contributed by atoms with Gasteiger partial charge >= 0.3 is 6.18 Å². The van der Waals surface area contributed by atoms with Crippen molar-refractivity contribution in [3.63, 3.8) is 0 Å². The Balaban J connectivity index is 1.09. The van der Waals surface area contributed by atoms with Gasteiger partial charge in [-0.15, -0.1) is 0 Å². The number of carbonyl (C=O) groups is 4. The zero-order valence-corrected chi connectivity index (χ0v) is 31.9. The van der Waals surface area contributed by atoms with Crippen LogP contribution in [0.2, 0.25) is 0 Å². The number of piperidine rings is 1. The summed E-state index contributed by atoms with van der Waals surface area (Å²) in [6.45, 7) is 3.08. The number of aryl methyl sites for hydroxylation is 2. The fourth-order valence-corrected chi connectivity index (χ4v) is 9.00. The van der Waals surface area contributed by atoms with Gasteiger partial charge < -0.3 is 10.2 Å². The van der Waals surface area contributed by atoms with Crippen LogP contribution in [0.15, 0.2) is 42.7 Å². The molecule has 6 heterocycles. The lowest BCUT2D eigenvalue weighted by Crippen LogP contribution is -2.45. The normalized spacial score (nSPS) is 23.1. The summed E-state index contributed by atoms with van der Waals surface area (Å²) in [5, 5.41) is 13.2. The lowest BCUT2D eigenvalue weighted by molar-refractivity contribution is -0.141. The molecule has 12 nitrogen and oxygen atoms in total. The van der Waals surface area contributed by atoms with Gasteiger partial charge in [0.05, 0.1) is 29.4 Å². The summed E-state index contributed by atoms with van der Waals surface area (Å²) in [6, 6.07) is 6.89. The molecule has 296 valence electrons. The van der Waals surface area contributed by atoms with Crippen LogP contribution in [0.4, 0.5) is 13.2 Å². The number of benzene rings is 1. The minimum atomic E-state index is -4.68. The van der Waals surface area contributed by atoms with E-state index in [1.807, 2.05) is 18.3 Å². The fraction of sp³-hybridized carbons (Fsp3) is 0.476. The Morgan fingerprint density at radius 1 is 0.982 bits per heavy atom. The first-order valence-corrected chi connectivity index (χ1v) is 19.8. The summed E-state index contributed by atoms with van der Waals surface area (Å²) >= 11 is 0. The van der Waals surface area contributed by atoms with Gasteiger partial charge in [-0.05, 0) is 86.8 Å². The zero-order chi connectivity index (χ0) is 39.8. The molecule has 9 rings (SSSR count). The SMILES string of the molecule is CC(=O)c1nn2c3c(cc(-c4cnc5cc(C6CC6)nn5c4)cc13)CCCCCCC(=O)NC[C@@]13C[C@@H](C(=O)Cc4nc(C(F)(F)F)ccc4C)N(C(=O)C2)[C@@H]1C3. The van der Waals surface area contributed by atoms with E-state index in [-0.39, 0.29) is 55.1 Å². The van der Waals surface area contributed by atoms with Crippen LogP contribution in [0.5, 0.6) is 0 Å². The van der Waals surface area contributed by atoms with Crippen molar-refractivity contribution in [2.45, 2.75) is 115 Å². The number of carbonyl (C=O) groups excluding carboxylic acids is 4. The summed E-state index contributed by atoms with van der Waals surface area (Å²) in [6.07, 6.45) is 5.97. The molecule has 1 N–H and O–H groups in total. The van der Waals surface area contributed by atoms with E-state index >= 15 is 0 Å². The maximum atomic E-state index is 14.6. The second kappa shape index (κ2) is 13.9. The Bertz CT molecular complexity index is 2490. The first-order valence-electron chi connectivity index (χ1n) is 19.8. The van der Waals surface area contributed by atoms with Crippen molar-refractivity contribution >= 4 is 39.9 Å². The number of fused-ring (bicyclic) bond motifs is 1. The quantitative estimate of drug-likeness (QED) is 0.197. The predicted molar refractivity (Wildman–Crippen MR) is 202 cm³/mol. The Morgan fingerprint density at radius 3 is 2.53 bits per heavy atom. The van der Waals surface area contributed by atoms with Gasteiger partial charge in [-0.1, -0.05) is 18.9 Å². The summed E-state index contributed by atoms with van der Waals surface area (Å²) in [5.41, 5.74) is 4.05. The van der Waals surface area contributed by atoms with Gasteiger partial charge in [0.25, 0.3) is 0 Å². The van der Waals surface area contributed by atoms with Crippen LogP contribution in [0.3, 0.4) is 0 Å². The van der Waals surface area contributed by atoms with Gasteiger partial charge in [-0.2, -0.15) is 23.4 Å². The molecule has 2 amide bonds. The Hall–Kier alpha value is -5.47. The molecule has 0 spiro atoms. The second-order valence-corrected chi connectivity index (χ2v) is 16.5. The topological polar surface area (TPSA) is 144 Å². The third kappa shape index (κ3) is 6.98. The number of Topliss-reactive ketones (excluding diaryl/α,β-unsaturated/α-hetero) is 2. The predicted octanol–water partition coefficient (Wildman–Crippen LogP) is 6.34. The van der Waals surface area contributed by atoms with Gasteiger partial charge in [0, 0.05) is 66.7 Å². The Labute approximate surface area is 326 Å². The zero-order valence-electron chi connectivity index (χ0n) is 31.9. The van der Waals surface area contributed by atoms with E-state index in [1.165, 1.54) is 13.0 Å². The summed E-state index contributed by atoms with van der Waals surface area (Å²) in [7, 11) is 0. The summed E-state index contributed by atoms with van der Waals surface area (Å²) < 4.78 is 44.1. The van der Waals surface area contributed by atoms with Crippen molar-refractivity contribution in [1.29, 1.82) is 0 Å². The number of halogens is 3. The van der Waals surface area contributed by atoms with E-state index in [0.717, 1.165) is 66.2 Å². The van der Waals surface area contributed by atoms with Crippen molar-refractivity contribution in [3.05, 3.63) is 76.6 Å². The highest BCUT2D eigenvalue weighted by Crippen LogP contribution is 2.59. The van der Waals surface area contributed by atoms with E-state index in [9.17, 15) is 32.3 Å². The maximum Gasteiger partial charge on any atom is 0.433 e. The molecule has 4 aliphatic rings. The third-order valence-electron chi connectivity index (χ3n) is 12.4. The molecule has 2 bridgehead atoms. The lowest BCUT2D eigenvalue weighted by Gasteiger charge is -2.27. The molecule has 57 heavy (non-hydrogen) atoms. The number of nitrogens with zero attached hydrogens (tertiary/aromatic N) is 7. The minimum Gasteiger partial charge on any atom is -0.355 e. The fourth-order valence-electron chi connectivity index (χ4n) is 9.00. The summed E-state index contributed by atoms with van der Waals surface area (Å²) in [4.78, 5) is 64.9. The molecular weight excluding hydrogens is 738 g/mol. The van der Waals surface area contributed by atoms with E-state index in [2.05, 4.69) is 16.4 Å². The largest absolute Gasteiger partial charge is 0.433 e. The molecule has 2 aliphatic heterocycles. The van der Waals surface area contributed by atoms with Crippen molar-refractivity contribution < 1.29 is 32.3 Å². The lowest BCUT2D eigenvalue weighted by atomic mass is 9.94. The van der Waals surface area contributed by atoms with Crippen LogP contribution >= 0.6 is 0 Å². The highest BCUT2D eigenvalue weighted by atomic mass is 19.4. The van der Waals surface area contributed by atoms with Crippen molar-refractivity contribution in [3.8, 4) is 11.1 Å². The average molecular weight is 781 g/mol. The van der Waals surface area contributed by atoms with E-state index in [0.29, 0.717) is 48.1 Å². The first kappa shape index (κ1) is 37.1. The number of alkyl halides is 3. The first-order chi connectivity index (χ1) is 27.3. The van der Waals surface area contributed by atoms with Gasteiger partial charge in [0.15, 0.2) is 17.2 Å². The number of ketones is 2. The minimum absolute atomic E-state index is 0.00878. The van der Waals surface area contributed by atoms with Crippen LogP contribution in [0, 0.1) is 12.3 Å². The van der Waals surface area contributed by atoms with Crippen molar-refractivity contribution in [2.75, 3.05) is 6.54 Å². The molecule has 3 fully saturated rings. The van der Waals surface area contributed by atoms with Gasteiger partial charge in [-0.3, -0.25) is 23.9 Å². The van der Waals surface area contributed by atoms with Crippen LogP contribution in [0.1, 0.15) is 109 Å². The number of hydrogen-bond donors (Lipinski definition) is 1. The van der Waals surface area contributed by atoms with Crippen molar-refractivity contribution in [1.82, 2.24) is 39.6 Å². The van der Waals surface area contributed by atoms with Crippen LogP contribution in [-0.4, -0.2) is 76.3 Å². The Kier molecular flexibility index (Phi) is 9.04. The smallest absolute Gasteiger partial charge is 0.355 e. The second-order valence-electron chi connectivity index (χ2n) is 16.5. The van der Waals surface area contributed by atoms with Gasteiger partial charge in [-0.25, -0.2) is 14.5 Å². The summed E-state index contributed by atoms with van der Waals surface area (Å²) in [5.74, 6) is -0.691. The van der Waals surface area contributed by atoms with Crippen LogP contribution < -0.4 is 5.32 Å². The number of amides is 2. The average Bonchev–Trinajstić information content (AvgIpc) is 4.02. The third-order valence-corrected chi connectivity index (χ3v) is 12.4. The number of nitrogens with one attached hydrogen (secondary N) is 1. The molecule has 3 atom stereocenters. The molecular formula is C42H43F3N8O4. The maximum absolute atomic E-state index is 14.6. The van der Waals surface area contributed by atoms with Gasteiger partial charge in [0.1, 0.15) is 17.9 Å². The molecule has 1 saturated heterocycles. The molecule has 2 aliphatic carbocycles. The highest BCUT2D eigenvalue weighted by molar-refractivity contribution is 6.07. The van der Waals surface area contributed by atoms with Crippen molar-refractivity contribution in [2.24, 2.45) is 5.41 Å². The van der Waals surface area contributed by atoms with E-state index in [1.54, 1.807) is 27.2 Å². The van der Waals surface area contributed by atoms with Gasteiger partial charge in [0.2, 0.25) is 11.8 Å². The molecule has 15 heteroatoms. The van der Waals surface area contributed by atoms with E-state index in [4.69, 9.17) is 15.2 Å². The molecule has 5 aromatic rings. The van der Waals surface area contributed by atoms with Crippen LogP contribution in [0.25, 0.3) is 27.7 Å². The molecule has 0 radical (unpaired) electrons. The molecule has 4 aromatic heterocycles. The molecule has 2 saturated carbocycles.